The van der Waals surface area contributed by atoms with Crippen molar-refractivity contribution >= 4 is 39.8 Å². The van der Waals surface area contributed by atoms with E-state index in [-0.39, 0.29) is 12.5 Å². The number of benzene rings is 1. The molecule has 0 fully saturated rings. The van der Waals surface area contributed by atoms with E-state index in [1.165, 1.54) is 16.2 Å². The molecule has 0 atom stereocenters. The molecule has 1 aromatic heterocycles. The summed E-state index contributed by atoms with van der Waals surface area (Å²) >= 11 is 7.28. The second-order valence-electron chi connectivity index (χ2n) is 5.76. The molecule has 0 saturated heterocycles. The first-order valence-electron chi connectivity index (χ1n) is 8.68. The average molecular weight is 396 g/mol. The van der Waals surface area contributed by atoms with Gasteiger partial charge in [-0.25, -0.2) is 4.79 Å². The van der Waals surface area contributed by atoms with Crippen molar-refractivity contribution in [1.82, 2.24) is 0 Å². The fraction of sp³-hybridized carbons (Fsp3) is 0.368. The Kier molecular flexibility index (Phi) is 7.63. The van der Waals surface area contributed by atoms with E-state index in [2.05, 4.69) is 5.32 Å². The topological polar surface area (TPSA) is 59.8 Å². The van der Waals surface area contributed by atoms with Gasteiger partial charge in [0.15, 0.2) is 6.54 Å². The van der Waals surface area contributed by atoms with Crippen molar-refractivity contribution in [3.8, 4) is 11.1 Å². The number of hydrogen-bond donors (Lipinski definition) is 2. The molecule has 0 unspecified atom stereocenters. The smallest absolute Gasteiger partial charge is 0.341 e. The van der Waals surface area contributed by atoms with E-state index in [1.54, 1.807) is 19.1 Å². The lowest BCUT2D eigenvalue weighted by atomic mass is 10.0. The summed E-state index contributed by atoms with van der Waals surface area (Å²) < 4.78 is 5.20. The summed E-state index contributed by atoms with van der Waals surface area (Å²) in [6, 6.07) is 7.23. The third kappa shape index (κ3) is 5.06. The SMILES string of the molecule is CCOC(=O)c1c(-c2ccc(Cl)cc2)csc1NC(=O)C[NH+](CC)CC. The van der Waals surface area contributed by atoms with Crippen LogP contribution in [0, 0.1) is 0 Å². The van der Waals surface area contributed by atoms with Gasteiger partial charge in [0.05, 0.1) is 19.7 Å². The minimum atomic E-state index is -0.441. The maximum Gasteiger partial charge on any atom is 0.341 e. The van der Waals surface area contributed by atoms with Gasteiger partial charge in [-0.05, 0) is 38.5 Å². The van der Waals surface area contributed by atoms with Crippen LogP contribution in [0.2, 0.25) is 5.02 Å². The Hall–Kier alpha value is -1.89. The van der Waals surface area contributed by atoms with Crippen LogP contribution in [-0.2, 0) is 9.53 Å². The number of amides is 1. The third-order valence-corrected chi connectivity index (χ3v) is 5.24. The van der Waals surface area contributed by atoms with Crippen LogP contribution in [0.1, 0.15) is 31.1 Å². The molecule has 7 heteroatoms. The quantitative estimate of drug-likeness (QED) is 0.675. The number of carbonyl (C=O) groups is 2. The standard InChI is InChI=1S/C19H23ClN2O3S/c1-4-22(5-2)11-16(23)21-18-17(19(24)25-6-3)15(12-26-18)13-7-9-14(20)10-8-13/h7-10,12H,4-6,11H2,1-3H3,(H,21,23)/p+1. The molecule has 0 saturated carbocycles. The van der Waals surface area contributed by atoms with Crippen LogP contribution in [0.25, 0.3) is 11.1 Å². The highest BCUT2D eigenvalue weighted by molar-refractivity contribution is 7.15. The van der Waals surface area contributed by atoms with E-state index in [1.807, 2.05) is 31.4 Å². The van der Waals surface area contributed by atoms with Gasteiger partial charge in [-0.3, -0.25) is 4.79 Å². The number of rotatable bonds is 8. The lowest BCUT2D eigenvalue weighted by Crippen LogP contribution is -3.12. The van der Waals surface area contributed by atoms with Crippen molar-refractivity contribution in [2.24, 2.45) is 0 Å². The Balaban J connectivity index is 2.32. The number of quaternary nitrogens is 1. The van der Waals surface area contributed by atoms with Gasteiger partial charge < -0.3 is 15.0 Å². The number of hydrogen-bond acceptors (Lipinski definition) is 4. The number of carbonyl (C=O) groups excluding carboxylic acids is 2. The maximum absolute atomic E-state index is 12.5. The van der Waals surface area contributed by atoms with Crippen LogP contribution in [0.5, 0.6) is 0 Å². The van der Waals surface area contributed by atoms with Crippen molar-refractivity contribution < 1.29 is 19.2 Å². The third-order valence-electron chi connectivity index (χ3n) is 4.09. The Labute approximate surface area is 162 Å². The molecule has 1 aromatic carbocycles. The number of likely N-dealkylation sites (N-methyl/N-ethyl adjacent to an activating group) is 1. The lowest BCUT2D eigenvalue weighted by Gasteiger charge is -2.15. The zero-order valence-electron chi connectivity index (χ0n) is 15.2. The summed E-state index contributed by atoms with van der Waals surface area (Å²) in [5.74, 6) is -0.553. The molecule has 0 spiro atoms. The monoisotopic (exact) mass is 395 g/mol. The van der Waals surface area contributed by atoms with Crippen molar-refractivity contribution in [2.45, 2.75) is 20.8 Å². The van der Waals surface area contributed by atoms with Gasteiger partial charge in [-0.15, -0.1) is 11.3 Å². The van der Waals surface area contributed by atoms with Gasteiger partial charge in [0, 0.05) is 16.0 Å². The first-order valence-corrected chi connectivity index (χ1v) is 9.93. The fourth-order valence-electron chi connectivity index (χ4n) is 2.60. The maximum atomic E-state index is 12.5. The van der Waals surface area contributed by atoms with E-state index in [4.69, 9.17) is 16.3 Å². The molecule has 140 valence electrons. The molecular weight excluding hydrogens is 372 g/mol. The van der Waals surface area contributed by atoms with Gasteiger partial charge in [0.25, 0.3) is 5.91 Å². The second-order valence-corrected chi connectivity index (χ2v) is 7.08. The summed E-state index contributed by atoms with van der Waals surface area (Å²) in [6.45, 7) is 8.22. The van der Waals surface area contributed by atoms with E-state index in [9.17, 15) is 9.59 Å². The van der Waals surface area contributed by atoms with Crippen molar-refractivity contribution in [3.05, 3.63) is 40.2 Å². The van der Waals surface area contributed by atoms with Crippen LogP contribution >= 0.6 is 22.9 Å². The predicted octanol–water partition coefficient (Wildman–Crippen LogP) is 3.11. The minimum Gasteiger partial charge on any atom is -0.462 e. The number of halogens is 1. The van der Waals surface area contributed by atoms with Gasteiger partial charge in [0.2, 0.25) is 0 Å². The van der Waals surface area contributed by atoms with Crippen LogP contribution in [-0.4, -0.2) is 38.1 Å². The highest BCUT2D eigenvalue weighted by Gasteiger charge is 2.23. The van der Waals surface area contributed by atoms with Crippen LogP contribution < -0.4 is 10.2 Å². The van der Waals surface area contributed by atoms with E-state index < -0.39 is 5.97 Å². The predicted molar refractivity (Wildman–Crippen MR) is 106 cm³/mol. The van der Waals surface area contributed by atoms with Gasteiger partial charge in [-0.2, -0.15) is 0 Å². The molecule has 2 N–H and O–H groups in total. The first kappa shape index (κ1) is 20.4. The second kappa shape index (κ2) is 9.71. The van der Waals surface area contributed by atoms with Gasteiger partial charge >= 0.3 is 5.97 Å². The molecule has 0 aliphatic rings. The average Bonchev–Trinajstić information content (AvgIpc) is 3.04. The summed E-state index contributed by atoms with van der Waals surface area (Å²) in [5, 5.41) is 5.88. The Bertz CT molecular complexity index is 755. The molecule has 26 heavy (non-hydrogen) atoms. The Morgan fingerprint density at radius 2 is 1.81 bits per heavy atom. The summed E-state index contributed by atoms with van der Waals surface area (Å²) in [7, 11) is 0. The largest absolute Gasteiger partial charge is 0.462 e. The molecule has 0 aliphatic heterocycles. The molecule has 0 aliphatic carbocycles. The summed E-state index contributed by atoms with van der Waals surface area (Å²) in [6.07, 6.45) is 0. The lowest BCUT2D eigenvalue weighted by molar-refractivity contribution is -0.888. The number of nitrogens with one attached hydrogen (secondary N) is 2. The molecule has 1 amide bonds. The summed E-state index contributed by atoms with van der Waals surface area (Å²) in [5.41, 5.74) is 1.97. The van der Waals surface area contributed by atoms with E-state index in [0.29, 0.717) is 22.1 Å². The van der Waals surface area contributed by atoms with Crippen molar-refractivity contribution in [3.63, 3.8) is 0 Å². The molecule has 1 heterocycles. The molecule has 5 nitrogen and oxygen atoms in total. The molecular formula is C19H24ClN2O3S+. The fourth-order valence-corrected chi connectivity index (χ4v) is 3.70. The van der Waals surface area contributed by atoms with Gasteiger partial charge in [-0.1, -0.05) is 23.7 Å². The highest BCUT2D eigenvalue weighted by Crippen LogP contribution is 2.36. The number of thiophene rings is 1. The zero-order valence-corrected chi connectivity index (χ0v) is 16.8. The zero-order chi connectivity index (χ0) is 19.1. The van der Waals surface area contributed by atoms with E-state index in [0.717, 1.165) is 24.2 Å². The normalized spacial score (nSPS) is 10.8. The Morgan fingerprint density at radius 3 is 2.38 bits per heavy atom. The number of esters is 1. The molecule has 0 radical (unpaired) electrons. The van der Waals surface area contributed by atoms with Crippen LogP contribution in [0.3, 0.4) is 0 Å². The minimum absolute atomic E-state index is 0.112. The van der Waals surface area contributed by atoms with Crippen molar-refractivity contribution in [2.75, 3.05) is 31.6 Å². The molecule has 0 bridgehead atoms. The molecule has 2 rings (SSSR count). The van der Waals surface area contributed by atoms with Gasteiger partial charge in [0.1, 0.15) is 10.6 Å². The van der Waals surface area contributed by atoms with Crippen LogP contribution in [0.4, 0.5) is 5.00 Å². The first-order chi connectivity index (χ1) is 12.5. The highest BCUT2D eigenvalue weighted by atomic mass is 35.5. The van der Waals surface area contributed by atoms with Crippen molar-refractivity contribution in [1.29, 1.82) is 0 Å². The summed E-state index contributed by atoms with van der Waals surface area (Å²) in [4.78, 5) is 26.1. The van der Waals surface area contributed by atoms with E-state index >= 15 is 0 Å². The molecule has 2 aromatic rings. The number of ether oxygens (including phenoxy) is 1. The Morgan fingerprint density at radius 1 is 1.15 bits per heavy atom. The van der Waals surface area contributed by atoms with Crippen LogP contribution in [0.15, 0.2) is 29.6 Å². The number of anilines is 1.